The SMILES string of the molecule is N#Cc1c(N)nsc1NCCSCCCO. The van der Waals surface area contributed by atoms with Crippen molar-refractivity contribution in [3.63, 3.8) is 0 Å². The van der Waals surface area contributed by atoms with Crippen LogP contribution in [0.15, 0.2) is 0 Å². The Balaban J connectivity index is 2.25. The van der Waals surface area contributed by atoms with E-state index in [2.05, 4.69) is 9.69 Å². The zero-order chi connectivity index (χ0) is 11.8. The lowest BCUT2D eigenvalue weighted by molar-refractivity contribution is 0.296. The van der Waals surface area contributed by atoms with E-state index in [1.807, 2.05) is 6.07 Å². The molecule has 4 N–H and O–H groups in total. The number of aromatic nitrogens is 1. The number of anilines is 2. The van der Waals surface area contributed by atoms with Gasteiger partial charge in [0.15, 0.2) is 5.82 Å². The lowest BCUT2D eigenvalue weighted by atomic mass is 10.3. The van der Waals surface area contributed by atoms with Gasteiger partial charge in [-0.05, 0) is 23.7 Å². The molecule has 7 heteroatoms. The summed E-state index contributed by atoms with van der Waals surface area (Å²) in [7, 11) is 0. The Morgan fingerprint density at radius 3 is 3.06 bits per heavy atom. The van der Waals surface area contributed by atoms with Crippen molar-refractivity contribution in [2.24, 2.45) is 0 Å². The lowest BCUT2D eigenvalue weighted by Gasteiger charge is -2.03. The molecule has 1 aromatic rings. The molecule has 0 fully saturated rings. The second-order valence-electron chi connectivity index (χ2n) is 3.00. The van der Waals surface area contributed by atoms with E-state index in [0.717, 1.165) is 29.5 Å². The van der Waals surface area contributed by atoms with Crippen molar-refractivity contribution < 1.29 is 5.11 Å². The third-order valence-electron chi connectivity index (χ3n) is 1.81. The first-order chi connectivity index (χ1) is 7.79. The second-order valence-corrected chi connectivity index (χ2v) is 5.00. The van der Waals surface area contributed by atoms with E-state index < -0.39 is 0 Å². The highest BCUT2D eigenvalue weighted by atomic mass is 32.2. The number of hydrogen-bond donors (Lipinski definition) is 3. The molecular weight excluding hydrogens is 244 g/mol. The molecule has 0 atom stereocenters. The summed E-state index contributed by atoms with van der Waals surface area (Å²) in [6.45, 7) is 1.01. The minimum atomic E-state index is 0.240. The van der Waals surface area contributed by atoms with E-state index in [4.69, 9.17) is 16.1 Å². The molecular formula is C9H14N4OS2. The minimum Gasteiger partial charge on any atom is -0.396 e. The van der Waals surface area contributed by atoms with Crippen LogP contribution in [0.4, 0.5) is 10.8 Å². The average molecular weight is 258 g/mol. The van der Waals surface area contributed by atoms with Gasteiger partial charge in [0.2, 0.25) is 0 Å². The molecule has 1 heterocycles. The van der Waals surface area contributed by atoms with Gasteiger partial charge in [0.25, 0.3) is 0 Å². The Hall–Kier alpha value is -0.970. The highest BCUT2D eigenvalue weighted by Gasteiger charge is 2.09. The summed E-state index contributed by atoms with van der Waals surface area (Å²) < 4.78 is 3.91. The summed E-state index contributed by atoms with van der Waals surface area (Å²) in [5.74, 6) is 2.18. The van der Waals surface area contributed by atoms with Crippen LogP contribution in [0.25, 0.3) is 0 Å². The number of nitrogens with zero attached hydrogens (tertiary/aromatic N) is 2. The standard InChI is InChI=1S/C9H14N4OS2/c10-6-7-8(11)13-16-9(7)12-2-5-15-4-1-3-14/h12,14H,1-5H2,(H2,11,13). The van der Waals surface area contributed by atoms with Gasteiger partial charge in [0.1, 0.15) is 16.6 Å². The van der Waals surface area contributed by atoms with Gasteiger partial charge in [-0.15, -0.1) is 0 Å². The van der Waals surface area contributed by atoms with Crippen LogP contribution in [0, 0.1) is 11.3 Å². The molecule has 0 aliphatic rings. The summed E-state index contributed by atoms with van der Waals surface area (Å²) in [6.07, 6.45) is 0.821. The van der Waals surface area contributed by atoms with Gasteiger partial charge in [-0.25, -0.2) is 0 Å². The predicted molar refractivity (Wildman–Crippen MR) is 68.8 cm³/mol. The Labute approximate surface area is 103 Å². The Morgan fingerprint density at radius 2 is 2.38 bits per heavy atom. The fraction of sp³-hybridized carbons (Fsp3) is 0.556. The van der Waals surface area contributed by atoms with Gasteiger partial charge < -0.3 is 16.2 Å². The third kappa shape index (κ3) is 3.89. The summed E-state index contributed by atoms with van der Waals surface area (Å²) >= 11 is 2.98. The molecule has 0 radical (unpaired) electrons. The van der Waals surface area contributed by atoms with Crippen LogP contribution in [0.1, 0.15) is 12.0 Å². The van der Waals surface area contributed by atoms with E-state index in [0.29, 0.717) is 11.4 Å². The molecule has 88 valence electrons. The molecule has 0 aromatic carbocycles. The number of hydrogen-bond acceptors (Lipinski definition) is 7. The number of nitrogens with two attached hydrogens (primary N) is 1. The molecule has 0 aliphatic heterocycles. The van der Waals surface area contributed by atoms with Crippen molar-refractivity contribution in [2.75, 3.05) is 35.7 Å². The number of thioether (sulfide) groups is 1. The predicted octanol–water partition coefficient (Wildman–Crippen LogP) is 1.12. The van der Waals surface area contributed by atoms with Crippen molar-refractivity contribution in [1.82, 2.24) is 4.37 Å². The van der Waals surface area contributed by atoms with E-state index in [1.54, 1.807) is 11.8 Å². The van der Waals surface area contributed by atoms with Gasteiger partial charge in [-0.3, -0.25) is 0 Å². The first kappa shape index (κ1) is 13.1. The number of aliphatic hydroxyl groups is 1. The molecule has 0 bridgehead atoms. The number of rotatable bonds is 7. The molecule has 0 amide bonds. The monoisotopic (exact) mass is 258 g/mol. The molecule has 16 heavy (non-hydrogen) atoms. The number of nitriles is 1. The number of nitrogen functional groups attached to an aromatic ring is 1. The van der Waals surface area contributed by atoms with Crippen LogP contribution in [0.3, 0.4) is 0 Å². The van der Waals surface area contributed by atoms with Gasteiger partial charge in [-0.2, -0.15) is 21.4 Å². The van der Waals surface area contributed by atoms with Gasteiger partial charge in [0, 0.05) is 18.9 Å². The number of aliphatic hydroxyl groups excluding tert-OH is 1. The van der Waals surface area contributed by atoms with E-state index in [1.165, 1.54) is 11.5 Å². The van der Waals surface area contributed by atoms with Crippen molar-refractivity contribution in [2.45, 2.75) is 6.42 Å². The first-order valence-corrected chi connectivity index (χ1v) is 6.80. The summed E-state index contributed by atoms with van der Waals surface area (Å²) in [4.78, 5) is 0. The van der Waals surface area contributed by atoms with E-state index in [9.17, 15) is 0 Å². The lowest BCUT2D eigenvalue weighted by Crippen LogP contribution is -2.04. The third-order valence-corrected chi connectivity index (χ3v) is 3.70. The minimum absolute atomic E-state index is 0.240. The zero-order valence-corrected chi connectivity index (χ0v) is 10.4. The Kier molecular flexibility index (Phi) is 6.00. The molecule has 1 aromatic heterocycles. The molecule has 0 aliphatic carbocycles. The molecule has 0 spiro atoms. The summed E-state index contributed by atoms with van der Waals surface area (Å²) in [5.41, 5.74) is 5.96. The summed E-state index contributed by atoms with van der Waals surface area (Å²) in [6, 6.07) is 2.03. The first-order valence-electron chi connectivity index (χ1n) is 4.87. The van der Waals surface area contributed by atoms with Crippen LogP contribution < -0.4 is 11.1 Å². The quantitative estimate of drug-likeness (QED) is 0.634. The van der Waals surface area contributed by atoms with Crippen molar-refractivity contribution in [3.8, 4) is 6.07 Å². The van der Waals surface area contributed by atoms with Gasteiger partial charge in [0.05, 0.1) is 0 Å². The Morgan fingerprint density at radius 1 is 1.56 bits per heavy atom. The highest BCUT2D eigenvalue weighted by molar-refractivity contribution is 7.99. The van der Waals surface area contributed by atoms with E-state index >= 15 is 0 Å². The molecule has 1 rings (SSSR count). The maximum absolute atomic E-state index is 8.82. The van der Waals surface area contributed by atoms with Crippen LogP contribution in [0.5, 0.6) is 0 Å². The van der Waals surface area contributed by atoms with Crippen molar-refractivity contribution in [1.29, 1.82) is 5.26 Å². The topological polar surface area (TPSA) is 95.0 Å². The van der Waals surface area contributed by atoms with Gasteiger partial charge in [-0.1, -0.05) is 0 Å². The van der Waals surface area contributed by atoms with Crippen LogP contribution >= 0.6 is 23.3 Å². The van der Waals surface area contributed by atoms with Crippen LogP contribution in [0.2, 0.25) is 0 Å². The normalized spacial score (nSPS) is 10.0. The second kappa shape index (κ2) is 7.33. The van der Waals surface area contributed by atoms with Crippen molar-refractivity contribution in [3.05, 3.63) is 5.56 Å². The molecule has 0 unspecified atom stereocenters. The smallest absolute Gasteiger partial charge is 0.157 e. The maximum Gasteiger partial charge on any atom is 0.157 e. The maximum atomic E-state index is 8.82. The fourth-order valence-corrected chi connectivity index (χ4v) is 2.51. The van der Waals surface area contributed by atoms with Gasteiger partial charge >= 0.3 is 0 Å². The zero-order valence-electron chi connectivity index (χ0n) is 8.77. The highest BCUT2D eigenvalue weighted by Crippen LogP contribution is 2.25. The summed E-state index contributed by atoms with van der Waals surface area (Å²) in [5, 5.41) is 21.3. The molecule has 5 nitrogen and oxygen atoms in total. The van der Waals surface area contributed by atoms with Crippen molar-refractivity contribution >= 4 is 34.1 Å². The molecule has 0 saturated carbocycles. The van der Waals surface area contributed by atoms with Crippen LogP contribution in [-0.2, 0) is 0 Å². The fourth-order valence-electron chi connectivity index (χ4n) is 1.04. The average Bonchev–Trinajstić information content (AvgIpc) is 2.64. The largest absolute Gasteiger partial charge is 0.396 e. The van der Waals surface area contributed by atoms with E-state index in [-0.39, 0.29) is 6.61 Å². The Bertz CT molecular complexity index is 361. The number of nitrogens with one attached hydrogen (secondary N) is 1. The van der Waals surface area contributed by atoms with Crippen LogP contribution in [-0.4, -0.2) is 34.1 Å². The molecule has 0 saturated heterocycles.